The summed E-state index contributed by atoms with van der Waals surface area (Å²) in [6, 6.07) is 25.2. The van der Waals surface area contributed by atoms with Crippen molar-refractivity contribution in [1.29, 1.82) is 0 Å². The molecule has 0 aliphatic carbocycles. The summed E-state index contributed by atoms with van der Waals surface area (Å²) in [5, 5.41) is 2.71. The highest BCUT2D eigenvalue weighted by Crippen LogP contribution is 2.19. The van der Waals surface area contributed by atoms with Crippen LogP contribution in [0.15, 0.2) is 84.9 Å². The van der Waals surface area contributed by atoms with Crippen LogP contribution in [0.2, 0.25) is 0 Å². The van der Waals surface area contributed by atoms with Crippen LogP contribution >= 0.6 is 11.8 Å². The lowest BCUT2D eigenvalue weighted by molar-refractivity contribution is -0.139. The van der Waals surface area contributed by atoms with Crippen molar-refractivity contribution in [3.8, 4) is 0 Å². The third kappa shape index (κ3) is 6.69. The van der Waals surface area contributed by atoms with Crippen molar-refractivity contribution in [2.24, 2.45) is 0 Å². The molecular weight excluding hydrogens is 423 g/mol. The fraction of sp³-hybridized carbons (Fsp3) is 0.231. The average Bonchev–Trinajstić information content (AvgIpc) is 2.83. The zero-order valence-electron chi connectivity index (χ0n) is 18.0. The first-order valence-electron chi connectivity index (χ1n) is 10.5. The molecular formula is C26H27FN2O2S. The first kappa shape index (κ1) is 23.5. The Bertz CT molecular complexity index is 1010. The fourth-order valence-electron chi connectivity index (χ4n) is 3.45. The molecule has 0 aromatic heterocycles. The van der Waals surface area contributed by atoms with Gasteiger partial charge in [0.2, 0.25) is 11.8 Å². The third-order valence-electron chi connectivity index (χ3n) is 5.15. The van der Waals surface area contributed by atoms with Crippen molar-refractivity contribution in [2.45, 2.75) is 24.8 Å². The minimum absolute atomic E-state index is 0.153. The summed E-state index contributed by atoms with van der Waals surface area (Å²) in [6.07, 6.45) is 0.414. The SMILES string of the molecule is CNC(=O)[C@H](Cc1ccccc1)N(Cc1ccccc1)C(=O)CSCc1ccccc1F. The number of hydrogen-bond donors (Lipinski definition) is 1. The van der Waals surface area contributed by atoms with Crippen LogP contribution in [0.3, 0.4) is 0 Å². The van der Waals surface area contributed by atoms with E-state index in [-0.39, 0.29) is 23.4 Å². The van der Waals surface area contributed by atoms with Crippen molar-refractivity contribution in [3.63, 3.8) is 0 Å². The number of hydrogen-bond acceptors (Lipinski definition) is 3. The van der Waals surface area contributed by atoms with E-state index in [9.17, 15) is 14.0 Å². The minimum atomic E-state index is -0.649. The van der Waals surface area contributed by atoms with E-state index in [1.165, 1.54) is 17.8 Å². The van der Waals surface area contributed by atoms with Gasteiger partial charge in [0.05, 0.1) is 5.75 Å². The van der Waals surface area contributed by atoms with Gasteiger partial charge >= 0.3 is 0 Å². The first-order chi connectivity index (χ1) is 15.6. The molecule has 3 aromatic carbocycles. The fourth-order valence-corrected chi connectivity index (χ4v) is 4.34. The van der Waals surface area contributed by atoms with Gasteiger partial charge < -0.3 is 10.2 Å². The lowest BCUT2D eigenvalue weighted by Crippen LogP contribution is -2.50. The summed E-state index contributed by atoms with van der Waals surface area (Å²) in [5.41, 5.74) is 2.49. The summed E-state index contributed by atoms with van der Waals surface area (Å²) in [4.78, 5) is 27.8. The number of benzene rings is 3. The smallest absolute Gasteiger partial charge is 0.242 e. The molecule has 0 unspecified atom stereocenters. The van der Waals surface area contributed by atoms with Gasteiger partial charge in [-0.1, -0.05) is 78.9 Å². The van der Waals surface area contributed by atoms with Crippen LogP contribution in [0.4, 0.5) is 4.39 Å². The largest absolute Gasteiger partial charge is 0.357 e. The first-order valence-corrected chi connectivity index (χ1v) is 11.6. The van der Waals surface area contributed by atoms with E-state index in [0.717, 1.165) is 11.1 Å². The molecule has 166 valence electrons. The number of amides is 2. The van der Waals surface area contributed by atoms with Gasteiger partial charge in [-0.25, -0.2) is 4.39 Å². The second-order valence-electron chi connectivity index (χ2n) is 7.41. The van der Waals surface area contributed by atoms with Crippen LogP contribution in [0.1, 0.15) is 16.7 Å². The summed E-state index contributed by atoms with van der Waals surface area (Å²) < 4.78 is 13.9. The zero-order valence-corrected chi connectivity index (χ0v) is 18.9. The minimum Gasteiger partial charge on any atom is -0.357 e. The summed E-state index contributed by atoms with van der Waals surface area (Å²) in [7, 11) is 1.58. The highest BCUT2D eigenvalue weighted by atomic mass is 32.2. The molecule has 2 amide bonds. The number of carbonyl (C=O) groups is 2. The molecule has 0 aliphatic rings. The molecule has 0 bridgehead atoms. The number of nitrogens with one attached hydrogen (secondary N) is 1. The van der Waals surface area contributed by atoms with Gasteiger partial charge in [-0.3, -0.25) is 9.59 Å². The average molecular weight is 451 g/mol. The predicted molar refractivity (Wildman–Crippen MR) is 128 cm³/mol. The van der Waals surface area contributed by atoms with Gasteiger partial charge in [0.1, 0.15) is 11.9 Å². The quantitative estimate of drug-likeness (QED) is 0.497. The number of nitrogens with zero attached hydrogens (tertiary/aromatic N) is 1. The Hall–Kier alpha value is -3.12. The Morgan fingerprint density at radius 1 is 0.906 bits per heavy atom. The van der Waals surface area contributed by atoms with E-state index in [2.05, 4.69) is 5.32 Å². The van der Waals surface area contributed by atoms with Gasteiger partial charge in [0.25, 0.3) is 0 Å². The van der Waals surface area contributed by atoms with Crippen molar-refractivity contribution in [1.82, 2.24) is 10.2 Å². The van der Waals surface area contributed by atoms with Gasteiger partial charge in [-0.2, -0.15) is 0 Å². The van der Waals surface area contributed by atoms with E-state index in [4.69, 9.17) is 0 Å². The number of rotatable bonds is 10. The number of halogens is 1. The Labute approximate surface area is 192 Å². The molecule has 1 atom stereocenters. The molecule has 0 radical (unpaired) electrons. The molecule has 0 aliphatic heterocycles. The van der Waals surface area contributed by atoms with E-state index >= 15 is 0 Å². The number of carbonyl (C=O) groups excluding carboxylic acids is 2. The molecule has 0 spiro atoms. The topological polar surface area (TPSA) is 49.4 Å². The molecule has 0 fully saturated rings. The Balaban J connectivity index is 1.79. The standard InChI is InChI=1S/C26H27FN2O2S/c1-28-26(31)24(16-20-10-4-2-5-11-20)29(17-21-12-6-3-7-13-21)25(30)19-32-18-22-14-8-9-15-23(22)27/h2-15,24H,16-19H2,1H3,(H,28,31)/t24-/m0/s1. The number of thioether (sulfide) groups is 1. The maximum atomic E-state index is 13.9. The molecule has 3 rings (SSSR count). The van der Waals surface area contributed by atoms with E-state index in [0.29, 0.717) is 24.3 Å². The molecule has 6 heteroatoms. The van der Waals surface area contributed by atoms with Crippen LogP contribution in [-0.4, -0.2) is 35.6 Å². The summed E-state index contributed by atoms with van der Waals surface area (Å²) in [6.45, 7) is 0.324. The third-order valence-corrected chi connectivity index (χ3v) is 6.12. The zero-order chi connectivity index (χ0) is 22.8. The van der Waals surface area contributed by atoms with Crippen molar-refractivity contribution >= 4 is 23.6 Å². The predicted octanol–water partition coefficient (Wildman–Crippen LogP) is 4.45. The van der Waals surface area contributed by atoms with E-state index < -0.39 is 6.04 Å². The highest BCUT2D eigenvalue weighted by Gasteiger charge is 2.29. The van der Waals surface area contributed by atoms with E-state index in [1.807, 2.05) is 60.7 Å². The molecule has 1 N–H and O–H groups in total. The molecule has 0 saturated carbocycles. The maximum absolute atomic E-state index is 13.9. The van der Waals surface area contributed by atoms with Crippen LogP contribution in [0.5, 0.6) is 0 Å². The normalized spacial score (nSPS) is 11.6. The van der Waals surface area contributed by atoms with Crippen molar-refractivity contribution < 1.29 is 14.0 Å². The van der Waals surface area contributed by atoms with Gasteiger partial charge in [-0.15, -0.1) is 11.8 Å². The Morgan fingerprint density at radius 2 is 1.50 bits per heavy atom. The molecule has 0 heterocycles. The van der Waals surface area contributed by atoms with Crippen molar-refractivity contribution in [2.75, 3.05) is 12.8 Å². The monoisotopic (exact) mass is 450 g/mol. The second kappa shape index (κ2) is 12.1. The second-order valence-corrected chi connectivity index (χ2v) is 8.40. The highest BCUT2D eigenvalue weighted by molar-refractivity contribution is 7.99. The summed E-state index contributed by atoms with van der Waals surface area (Å²) in [5.74, 6) is -0.0949. The Morgan fingerprint density at radius 3 is 2.12 bits per heavy atom. The van der Waals surface area contributed by atoms with Crippen LogP contribution in [0, 0.1) is 5.82 Å². The van der Waals surface area contributed by atoms with Gasteiger partial charge in [0.15, 0.2) is 0 Å². The molecule has 3 aromatic rings. The molecule has 32 heavy (non-hydrogen) atoms. The van der Waals surface area contributed by atoms with E-state index in [1.54, 1.807) is 30.1 Å². The lowest BCUT2D eigenvalue weighted by Gasteiger charge is -2.31. The van der Waals surface area contributed by atoms with Crippen LogP contribution < -0.4 is 5.32 Å². The van der Waals surface area contributed by atoms with Crippen LogP contribution in [-0.2, 0) is 28.3 Å². The van der Waals surface area contributed by atoms with Crippen molar-refractivity contribution in [3.05, 3.63) is 107 Å². The lowest BCUT2D eigenvalue weighted by atomic mass is 10.0. The van der Waals surface area contributed by atoms with Crippen LogP contribution in [0.25, 0.3) is 0 Å². The van der Waals surface area contributed by atoms with Gasteiger partial charge in [-0.05, 0) is 22.8 Å². The summed E-state index contributed by atoms with van der Waals surface area (Å²) >= 11 is 1.35. The van der Waals surface area contributed by atoms with Gasteiger partial charge in [0, 0.05) is 25.8 Å². The molecule has 0 saturated heterocycles. The maximum Gasteiger partial charge on any atom is 0.242 e. The number of likely N-dealkylation sites (N-methyl/N-ethyl adjacent to an activating group) is 1. The molecule has 4 nitrogen and oxygen atoms in total. The Kier molecular flexibility index (Phi) is 8.87.